The second kappa shape index (κ2) is 3.85. The van der Waals surface area contributed by atoms with E-state index in [1.54, 1.807) is 12.1 Å². The Bertz CT molecular complexity index is 329. The summed E-state index contributed by atoms with van der Waals surface area (Å²) in [7, 11) is 0. The van der Waals surface area contributed by atoms with Gasteiger partial charge in [0.25, 0.3) is 0 Å². The summed E-state index contributed by atoms with van der Waals surface area (Å²) in [6.07, 6.45) is 0. The highest BCUT2D eigenvalue weighted by Crippen LogP contribution is 2.31. The van der Waals surface area contributed by atoms with E-state index in [0.717, 1.165) is 5.69 Å². The van der Waals surface area contributed by atoms with Crippen LogP contribution in [0, 0.1) is 0 Å². The molecule has 1 rings (SSSR count). The monoisotopic (exact) mass is 215 g/mol. The lowest BCUT2D eigenvalue weighted by molar-refractivity contribution is 0.218. The standard InChI is InChI=1S/C11H15ClFN/c1-7(2)10-8(11(3,4)13)5-6-9(12)14-10/h5-7H,1-4H3. The summed E-state index contributed by atoms with van der Waals surface area (Å²) < 4.78 is 13.8. The van der Waals surface area contributed by atoms with E-state index in [-0.39, 0.29) is 5.92 Å². The van der Waals surface area contributed by atoms with Gasteiger partial charge in [0.2, 0.25) is 0 Å². The number of hydrogen-bond donors (Lipinski definition) is 0. The molecule has 0 aliphatic rings. The molecule has 0 saturated heterocycles. The molecule has 3 heteroatoms. The van der Waals surface area contributed by atoms with Gasteiger partial charge in [0.1, 0.15) is 10.8 Å². The number of alkyl halides is 1. The molecule has 1 nitrogen and oxygen atoms in total. The minimum absolute atomic E-state index is 0.179. The van der Waals surface area contributed by atoms with E-state index < -0.39 is 5.67 Å². The Kier molecular flexibility index (Phi) is 3.15. The van der Waals surface area contributed by atoms with Crippen molar-refractivity contribution >= 4 is 11.6 Å². The van der Waals surface area contributed by atoms with Gasteiger partial charge in [-0.05, 0) is 25.8 Å². The molecule has 0 saturated carbocycles. The zero-order chi connectivity index (χ0) is 10.9. The fraction of sp³-hybridized carbons (Fsp3) is 0.545. The van der Waals surface area contributed by atoms with Gasteiger partial charge in [-0.3, -0.25) is 0 Å². The molecule has 0 bridgehead atoms. The van der Waals surface area contributed by atoms with Crippen LogP contribution in [0.1, 0.15) is 44.9 Å². The minimum Gasteiger partial charge on any atom is -0.240 e. The van der Waals surface area contributed by atoms with Crippen molar-refractivity contribution in [3.8, 4) is 0 Å². The van der Waals surface area contributed by atoms with Crippen LogP contribution in [-0.4, -0.2) is 4.98 Å². The fourth-order valence-corrected chi connectivity index (χ4v) is 1.55. The molecule has 0 aliphatic heterocycles. The van der Waals surface area contributed by atoms with Gasteiger partial charge in [-0.2, -0.15) is 0 Å². The highest BCUT2D eigenvalue weighted by atomic mass is 35.5. The molecular weight excluding hydrogens is 201 g/mol. The summed E-state index contributed by atoms with van der Waals surface area (Å²) >= 11 is 5.78. The van der Waals surface area contributed by atoms with Crippen LogP contribution in [0.3, 0.4) is 0 Å². The first-order chi connectivity index (χ1) is 6.32. The van der Waals surface area contributed by atoms with Gasteiger partial charge in [-0.25, -0.2) is 9.37 Å². The van der Waals surface area contributed by atoms with Crippen molar-refractivity contribution in [2.45, 2.75) is 39.3 Å². The molecule has 0 fully saturated rings. The Morgan fingerprint density at radius 2 is 1.93 bits per heavy atom. The SMILES string of the molecule is CC(C)c1nc(Cl)ccc1C(C)(C)F. The van der Waals surface area contributed by atoms with Gasteiger partial charge in [-0.15, -0.1) is 0 Å². The number of nitrogens with zero attached hydrogens (tertiary/aromatic N) is 1. The zero-order valence-electron chi connectivity index (χ0n) is 8.94. The molecule has 0 spiro atoms. The van der Waals surface area contributed by atoms with Crippen LogP contribution >= 0.6 is 11.6 Å². The number of halogens is 2. The highest BCUT2D eigenvalue weighted by Gasteiger charge is 2.24. The van der Waals surface area contributed by atoms with Gasteiger partial charge in [0.05, 0.1) is 5.69 Å². The number of pyridine rings is 1. The molecule has 0 radical (unpaired) electrons. The van der Waals surface area contributed by atoms with Crippen molar-refractivity contribution in [2.24, 2.45) is 0 Å². The first-order valence-electron chi connectivity index (χ1n) is 4.68. The van der Waals surface area contributed by atoms with Gasteiger partial charge >= 0.3 is 0 Å². The Labute approximate surface area is 89.3 Å². The van der Waals surface area contributed by atoms with Crippen LogP contribution < -0.4 is 0 Å². The summed E-state index contributed by atoms with van der Waals surface area (Å²) in [5, 5.41) is 0.418. The van der Waals surface area contributed by atoms with E-state index in [1.165, 1.54) is 13.8 Å². The Balaban J connectivity index is 3.29. The second-order valence-electron chi connectivity index (χ2n) is 4.19. The zero-order valence-corrected chi connectivity index (χ0v) is 9.69. The van der Waals surface area contributed by atoms with Crippen LogP contribution in [0.15, 0.2) is 12.1 Å². The molecule has 0 unspecified atom stereocenters. The average molecular weight is 216 g/mol. The van der Waals surface area contributed by atoms with Crippen LogP contribution in [0.4, 0.5) is 4.39 Å². The Hall–Kier alpha value is -0.630. The molecule has 0 atom stereocenters. The van der Waals surface area contributed by atoms with Crippen LogP contribution in [0.25, 0.3) is 0 Å². The molecule has 1 aromatic rings. The van der Waals surface area contributed by atoms with E-state index in [0.29, 0.717) is 10.7 Å². The quantitative estimate of drug-likeness (QED) is 0.678. The van der Waals surface area contributed by atoms with Crippen LogP contribution in [0.5, 0.6) is 0 Å². The second-order valence-corrected chi connectivity index (χ2v) is 4.58. The third kappa shape index (κ3) is 2.44. The summed E-state index contributed by atoms with van der Waals surface area (Å²) in [6, 6.07) is 3.34. The Morgan fingerprint density at radius 1 is 1.36 bits per heavy atom. The smallest absolute Gasteiger partial charge is 0.132 e. The first kappa shape index (κ1) is 11.4. The van der Waals surface area contributed by atoms with Crippen molar-refractivity contribution in [3.05, 3.63) is 28.5 Å². The maximum absolute atomic E-state index is 13.8. The van der Waals surface area contributed by atoms with Crippen molar-refractivity contribution in [3.63, 3.8) is 0 Å². The van der Waals surface area contributed by atoms with Gasteiger partial charge < -0.3 is 0 Å². The van der Waals surface area contributed by atoms with Gasteiger partial charge in [0, 0.05) is 5.56 Å². The molecular formula is C11H15ClFN. The van der Waals surface area contributed by atoms with Crippen molar-refractivity contribution < 1.29 is 4.39 Å². The number of aromatic nitrogens is 1. The van der Waals surface area contributed by atoms with Gasteiger partial charge in [0.15, 0.2) is 0 Å². The topological polar surface area (TPSA) is 12.9 Å². The minimum atomic E-state index is -1.36. The maximum Gasteiger partial charge on any atom is 0.132 e. The maximum atomic E-state index is 13.8. The molecule has 0 aliphatic carbocycles. The molecule has 78 valence electrons. The first-order valence-corrected chi connectivity index (χ1v) is 5.06. The third-order valence-corrected chi connectivity index (χ3v) is 2.29. The third-order valence-electron chi connectivity index (χ3n) is 2.08. The highest BCUT2D eigenvalue weighted by molar-refractivity contribution is 6.29. The van der Waals surface area contributed by atoms with Crippen LogP contribution in [-0.2, 0) is 5.67 Å². The average Bonchev–Trinajstić information content (AvgIpc) is 2.01. The van der Waals surface area contributed by atoms with E-state index in [2.05, 4.69) is 4.98 Å². The Morgan fingerprint density at radius 3 is 2.36 bits per heavy atom. The summed E-state index contributed by atoms with van der Waals surface area (Å²) in [6.45, 7) is 7.02. The predicted molar refractivity (Wildman–Crippen MR) is 57.5 cm³/mol. The lowest BCUT2D eigenvalue weighted by Crippen LogP contribution is -2.14. The largest absolute Gasteiger partial charge is 0.240 e. The molecule has 0 N–H and O–H groups in total. The fourth-order valence-electron chi connectivity index (χ4n) is 1.39. The number of rotatable bonds is 2. The lowest BCUT2D eigenvalue weighted by Gasteiger charge is -2.20. The van der Waals surface area contributed by atoms with E-state index in [1.807, 2.05) is 13.8 Å². The molecule has 0 aromatic carbocycles. The molecule has 14 heavy (non-hydrogen) atoms. The molecule has 1 heterocycles. The van der Waals surface area contributed by atoms with E-state index in [9.17, 15) is 4.39 Å². The van der Waals surface area contributed by atoms with Crippen LogP contribution in [0.2, 0.25) is 5.15 Å². The van der Waals surface area contributed by atoms with Crippen molar-refractivity contribution in [1.29, 1.82) is 0 Å². The van der Waals surface area contributed by atoms with E-state index in [4.69, 9.17) is 11.6 Å². The van der Waals surface area contributed by atoms with Crippen molar-refractivity contribution in [2.75, 3.05) is 0 Å². The van der Waals surface area contributed by atoms with Crippen molar-refractivity contribution in [1.82, 2.24) is 4.98 Å². The summed E-state index contributed by atoms with van der Waals surface area (Å²) in [5.41, 5.74) is -0.00103. The number of hydrogen-bond acceptors (Lipinski definition) is 1. The molecule has 1 aromatic heterocycles. The van der Waals surface area contributed by atoms with Gasteiger partial charge in [-0.1, -0.05) is 31.5 Å². The predicted octanol–water partition coefficient (Wildman–Crippen LogP) is 4.06. The summed E-state index contributed by atoms with van der Waals surface area (Å²) in [5.74, 6) is 0.179. The van der Waals surface area contributed by atoms with E-state index >= 15 is 0 Å². The lowest BCUT2D eigenvalue weighted by atomic mass is 9.93. The molecule has 0 amide bonds. The summed E-state index contributed by atoms with van der Waals surface area (Å²) in [4.78, 5) is 4.16. The normalized spacial score (nSPS) is 12.2.